The zero-order valence-corrected chi connectivity index (χ0v) is 12.6. The number of hydrogen-bond acceptors (Lipinski definition) is 5. The van der Waals surface area contributed by atoms with Crippen LogP contribution in [0.4, 0.5) is 5.69 Å². The first kappa shape index (κ1) is 18.6. The van der Waals surface area contributed by atoms with Crippen LogP contribution in [0.15, 0.2) is 30.3 Å². The fourth-order valence-corrected chi connectivity index (χ4v) is 1.83. The third kappa shape index (κ3) is 8.54. The van der Waals surface area contributed by atoms with Gasteiger partial charge in [0.15, 0.2) is 0 Å². The maximum atomic E-state index is 11.7. The largest absolute Gasteiger partial charge is 0.473 e. The number of carboxylic acid groups (broad SMARTS) is 2. The number of carboxylic acids is 2. The normalized spacial score (nSPS) is 14.3. The molecule has 1 saturated heterocycles. The van der Waals surface area contributed by atoms with E-state index in [2.05, 4.69) is 10.2 Å². The molecule has 1 aliphatic rings. The zero-order valence-electron chi connectivity index (χ0n) is 12.6. The molecule has 2 rings (SSSR count). The van der Waals surface area contributed by atoms with Crippen molar-refractivity contribution in [1.82, 2.24) is 4.90 Å². The van der Waals surface area contributed by atoms with Gasteiger partial charge in [-0.15, -0.1) is 0 Å². The van der Waals surface area contributed by atoms with E-state index in [0.717, 1.165) is 38.5 Å². The lowest BCUT2D eigenvalue weighted by atomic mass is 10.3. The molecule has 0 radical (unpaired) electrons. The minimum absolute atomic E-state index is 0.0719. The van der Waals surface area contributed by atoms with Crippen molar-refractivity contribution < 1.29 is 29.3 Å². The maximum absolute atomic E-state index is 11.7. The number of morpholine rings is 1. The van der Waals surface area contributed by atoms with Gasteiger partial charge in [0.1, 0.15) is 0 Å². The Morgan fingerprint density at radius 1 is 1.04 bits per heavy atom. The summed E-state index contributed by atoms with van der Waals surface area (Å²) in [6, 6.07) is 9.55. The Morgan fingerprint density at radius 3 is 2.13 bits per heavy atom. The number of benzene rings is 1. The second-order valence-electron chi connectivity index (χ2n) is 4.73. The summed E-state index contributed by atoms with van der Waals surface area (Å²) < 4.78 is 5.26. The lowest BCUT2D eigenvalue weighted by Gasteiger charge is -2.26. The molecule has 1 fully saturated rings. The lowest BCUT2D eigenvalue weighted by molar-refractivity contribution is -0.159. The molecule has 23 heavy (non-hydrogen) atoms. The van der Waals surface area contributed by atoms with Crippen LogP contribution in [0, 0.1) is 0 Å². The van der Waals surface area contributed by atoms with E-state index < -0.39 is 11.9 Å². The van der Waals surface area contributed by atoms with E-state index in [1.807, 2.05) is 30.3 Å². The van der Waals surface area contributed by atoms with Crippen LogP contribution in [-0.2, 0) is 19.1 Å². The van der Waals surface area contributed by atoms with E-state index in [1.165, 1.54) is 0 Å². The number of nitrogens with one attached hydrogen (secondary N) is 1. The van der Waals surface area contributed by atoms with Gasteiger partial charge >= 0.3 is 11.9 Å². The third-order valence-electron chi connectivity index (χ3n) is 3.00. The first-order chi connectivity index (χ1) is 11.0. The van der Waals surface area contributed by atoms with Crippen LogP contribution >= 0.6 is 0 Å². The van der Waals surface area contributed by atoms with Crippen molar-refractivity contribution in [2.75, 3.05) is 38.2 Å². The second-order valence-corrected chi connectivity index (χ2v) is 4.73. The molecule has 126 valence electrons. The second kappa shape index (κ2) is 10.3. The minimum Gasteiger partial charge on any atom is -0.473 e. The van der Waals surface area contributed by atoms with Gasteiger partial charge < -0.3 is 20.3 Å². The summed E-state index contributed by atoms with van der Waals surface area (Å²) in [4.78, 5) is 32.1. The molecular formula is C15H20N2O6. The fourth-order valence-electron chi connectivity index (χ4n) is 1.83. The van der Waals surface area contributed by atoms with Gasteiger partial charge in [0, 0.05) is 31.7 Å². The predicted molar refractivity (Wildman–Crippen MR) is 82.2 cm³/mol. The summed E-state index contributed by atoms with van der Waals surface area (Å²) >= 11 is 0. The first-order valence-corrected chi connectivity index (χ1v) is 7.10. The van der Waals surface area contributed by atoms with Crippen LogP contribution in [0.2, 0.25) is 0 Å². The average molecular weight is 324 g/mol. The molecule has 0 aromatic heterocycles. The van der Waals surface area contributed by atoms with Gasteiger partial charge in [-0.3, -0.25) is 9.69 Å². The molecule has 0 unspecified atom stereocenters. The van der Waals surface area contributed by atoms with Crippen molar-refractivity contribution in [2.45, 2.75) is 6.42 Å². The average Bonchev–Trinajstić information content (AvgIpc) is 2.55. The van der Waals surface area contributed by atoms with Crippen LogP contribution in [-0.4, -0.2) is 65.8 Å². The highest BCUT2D eigenvalue weighted by Crippen LogP contribution is 2.06. The number of hydrogen-bond donors (Lipinski definition) is 3. The summed E-state index contributed by atoms with van der Waals surface area (Å²) in [5, 5.41) is 17.7. The number of ether oxygens (including phenoxy) is 1. The molecule has 8 heteroatoms. The predicted octanol–water partition coefficient (Wildman–Crippen LogP) is 0.503. The Bertz CT molecular complexity index is 502. The van der Waals surface area contributed by atoms with Crippen LogP contribution in [0.25, 0.3) is 0 Å². The number of carbonyl (C=O) groups excluding carboxylic acids is 1. The van der Waals surface area contributed by atoms with E-state index >= 15 is 0 Å². The molecule has 1 aromatic carbocycles. The fraction of sp³-hybridized carbons (Fsp3) is 0.400. The number of amides is 1. The number of rotatable bonds is 4. The van der Waals surface area contributed by atoms with Gasteiger partial charge in [0.25, 0.3) is 0 Å². The Kier molecular flexibility index (Phi) is 8.33. The van der Waals surface area contributed by atoms with Crippen LogP contribution in [0.5, 0.6) is 0 Å². The van der Waals surface area contributed by atoms with Crippen molar-refractivity contribution in [3.8, 4) is 0 Å². The maximum Gasteiger partial charge on any atom is 0.414 e. The van der Waals surface area contributed by atoms with Gasteiger partial charge in [-0.1, -0.05) is 18.2 Å². The summed E-state index contributed by atoms with van der Waals surface area (Å²) in [5.74, 6) is -3.58. The minimum atomic E-state index is -1.82. The summed E-state index contributed by atoms with van der Waals surface area (Å²) in [7, 11) is 0. The molecule has 1 aromatic rings. The van der Waals surface area contributed by atoms with E-state index in [4.69, 9.17) is 24.5 Å². The van der Waals surface area contributed by atoms with Gasteiger partial charge in [0.05, 0.1) is 13.2 Å². The quantitative estimate of drug-likeness (QED) is 0.691. The van der Waals surface area contributed by atoms with E-state index in [1.54, 1.807) is 0 Å². The van der Waals surface area contributed by atoms with Crippen LogP contribution in [0.3, 0.4) is 0 Å². The summed E-state index contributed by atoms with van der Waals surface area (Å²) in [6.07, 6.45) is 0.537. The van der Waals surface area contributed by atoms with E-state index in [9.17, 15) is 4.79 Å². The van der Waals surface area contributed by atoms with Crippen LogP contribution < -0.4 is 5.32 Å². The van der Waals surface area contributed by atoms with Gasteiger partial charge in [-0.2, -0.15) is 0 Å². The molecule has 0 aliphatic carbocycles. The molecular weight excluding hydrogens is 304 g/mol. The van der Waals surface area contributed by atoms with E-state index in [-0.39, 0.29) is 5.91 Å². The lowest BCUT2D eigenvalue weighted by Crippen LogP contribution is -2.38. The van der Waals surface area contributed by atoms with E-state index in [0.29, 0.717) is 6.42 Å². The molecule has 0 atom stereocenters. The highest BCUT2D eigenvalue weighted by molar-refractivity contribution is 6.27. The van der Waals surface area contributed by atoms with Crippen molar-refractivity contribution in [3.63, 3.8) is 0 Å². The highest BCUT2D eigenvalue weighted by atomic mass is 16.5. The van der Waals surface area contributed by atoms with Gasteiger partial charge in [-0.05, 0) is 12.1 Å². The molecule has 8 nitrogen and oxygen atoms in total. The Hall–Kier alpha value is -2.45. The van der Waals surface area contributed by atoms with Crippen LogP contribution in [0.1, 0.15) is 6.42 Å². The van der Waals surface area contributed by atoms with Gasteiger partial charge in [-0.25, -0.2) is 9.59 Å². The summed E-state index contributed by atoms with van der Waals surface area (Å²) in [5.41, 5.74) is 0.861. The molecule has 3 N–H and O–H groups in total. The van der Waals surface area contributed by atoms with Crippen molar-refractivity contribution in [3.05, 3.63) is 30.3 Å². The molecule has 1 amide bonds. The molecule has 1 aliphatic heterocycles. The Morgan fingerprint density at radius 2 is 1.61 bits per heavy atom. The van der Waals surface area contributed by atoms with Crippen molar-refractivity contribution in [2.24, 2.45) is 0 Å². The Balaban J connectivity index is 0.000000379. The molecule has 0 saturated carbocycles. The topological polar surface area (TPSA) is 116 Å². The SMILES string of the molecule is O=C(CCN1CCOCC1)Nc1ccccc1.O=C(O)C(=O)O. The standard InChI is InChI=1S/C13H18N2O2.C2H2O4/c16-13(14-12-4-2-1-3-5-12)6-7-15-8-10-17-11-9-15;3-1(4)2(5)6/h1-5H,6-11H2,(H,14,16);(H,3,4)(H,5,6). The highest BCUT2D eigenvalue weighted by Gasteiger charge is 2.11. The number of carbonyl (C=O) groups is 3. The monoisotopic (exact) mass is 324 g/mol. The molecule has 1 heterocycles. The molecule has 0 spiro atoms. The first-order valence-electron chi connectivity index (χ1n) is 7.10. The third-order valence-corrected chi connectivity index (χ3v) is 3.00. The zero-order chi connectivity index (χ0) is 17.1. The molecule has 0 bridgehead atoms. The van der Waals surface area contributed by atoms with Gasteiger partial charge in [0.2, 0.25) is 5.91 Å². The van der Waals surface area contributed by atoms with Crippen molar-refractivity contribution >= 4 is 23.5 Å². The number of para-hydroxylation sites is 1. The number of aliphatic carboxylic acids is 2. The smallest absolute Gasteiger partial charge is 0.414 e. The summed E-state index contributed by atoms with van der Waals surface area (Å²) in [6.45, 7) is 4.22. The number of anilines is 1. The Labute approximate surface area is 133 Å². The number of nitrogens with zero attached hydrogens (tertiary/aromatic N) is 1. The van der Waals surface area contributed by atoms with Crippen molar-refractivity contribution in [1.29, 1.82) is 0 Å².